The Morgan fingerprint density at radius 2 is 2.11 bits per heavy atom. The highest BCUT2D eigenvalue weighted by molar-refractivity contribution is 6.00. The van der Waals surface area contributed by atoms with E-state index in [1.807, 2.05) is 31.3 Å². The minimum atomic E-state index is 0.721. The number of anilines is 2. The van der Waals surface area contributed by atoms with E-state index in [-0.39, 0.29) is 0 Å². The second kappa shape index (κ2) is 5.69. The molecule has 2 aromatic rings. The molecule has 1 aromatic carbocycles. The topological polar surface area (TPSA) is 51.4 Å². The Morgan fingerprint density at radius 1 is 1.28 bits per heavy atom. The molecular formula is C14H19N3O. The average molecular weight is 245 g/mol. The van der Waals surface area contributed by atoms with Gasteiger partial charge in [-0.15, -0.1) is 0 Å². The quantitative estimate of drug-likeness (QED) is 0.648. The third kappa shape index (κ3) is 2.54. The average Bonchev–Trinajstić information content (AvgIpc) is 2.39. The van der Waals surface area contributed by atoms with Crippen molar-refractivity contribution in [2.45, 2.75) is 6.92 Å². The molecule has 0 fully saturated rings. The zero-order chi connectivity index (χ0) is 13.0. The van der Waals surface area contributed by atoms with Gasteiger partial charge in [-0.2, -0.15) is 0 Å². The van der Waals surface area contributed by atoms with Crippen molar-refractivity contribution in [2.24, 2.45) is 0 Å². The van der Waals surface area contributed by atoms with Gasteiger partial charge < -0.3 is 15.4 Å². The fourth-order valence-corrected chi connectivity index (χ4v) is 2.00. The Hall–Kier alpha value is -1.81. The summed E-state index contributed by atoms with van der Waals surface area (Å²) in [4.78, 5) is 6.35. The molecule has 1 aromatic heterocycles. The molecule has 0 aliphatic carbocycles. The predicted molar refractivity (Wildman–Crippen MR) is 75.9 cm³/mol. The van der Waals surface area contributed by atoms with E-state index >= 15 is 0 Å². The van der Waals surface area contributed by atoms with Gasteiger partial charge in [-0.3, -0.25) is 4.98 Å². The van der Waals surface area contributed by atoms with E-state index in [1.165, 1.54) is 0 Å². The van der Waals surface area contributed by atoms with Crippen LogP contribution in [-0.2, 0) is 4.74 Å². The molecular weight excluding hydrogens is 226 g/mol. The molecule has 0 spiro atoms. The molecule has 0 aliphatic rings. The summed E-state index contributed by atoms with van der Waals surface area (Å²) < 4.78 is 5.38. The molecule has 0 bridgehead atoms. The lowest BCUT2D eigenvalue weighted by Crippen LogP contribution is -2.22. The summed E-state index contributed by atoms with van der Waals surface area (Å²) >= 11 is 0. The van der Waals surface area contributed by atoms with E-state index in [4.69, 9.17) is 10.5 Å². The van der Waals surface area contributed by atoms with Gasteiger partial charge in [0, 0.05) is 54.7 Å². The number of aromatic nitrogens is 1. The van der Waals surface area contributed by atoms with Gasteiger partial charge in [0.15, 0.2) is 0 Å². The van der Waals surface area contributed by atoms with Crippen LogP contribution in [0.1, 0.15) is 6.92 Å². The van der Waals surface area contributed by atoms with Gasteiger partial charge in [0.25, 0.3) is 0 Å². The molecule has 4 nitrogen and oxygen atoms in total. The van der Waals surface area contributed by atoms with Crippen molar-refractivity contribution in [3.63, 3.8) is 0 Å². The molecule has 1 heterocycles. The normalized spacial score (nSPS) is 10.8. The predicted octanol–water partition coefficient (Wildman–Crippen LogP) is 2.29. The minimum absolute atomic E-state index is 0.721. The van der Waals surface area contributed by atoms with Crippen LogP contribution in [0.25, 0.3) is 10.8 Å². The lowest BCUT2D eigenvalue weighted by atomic mass is 10.1. The van der Waals surface area contributed by atoms with Gasteiger partial charge in [0.2, 0.25) is 0 Å². The smallest absolute Gasteiger partial charge is 0.0641 e. The van der Waals surface area contributed by atoms with Crippen LogP contribution in [0, 0.1) is 0 Å². The number of hydrogen-bond acceptors (Lipinski definition) is 4. The van der Waals surface area contributed by atoms with Crippen LogP contribution in [0.5, 0.6) is 0 Å². The number of ether oxygens (including phenoxy) is 1. The van der Waals surface area contributed by atoms with E-state index in [9.17, 15) is 0 Å². The van der Waals surface area contributed by atoms with Crippen molar-refractivity contribution in [2.75, 3.05) is 37.4 Å². The second-order valence-corrected chi connectivity index (χ2v) is 4.21. The summed E-state index contributed by atoms with van der Waals surface area (Å²) in [5.41, 5.74) is 7.89. The van der Waals surface area contributed by atoms with Gasteiger partial charge >= 0.3 is 0 Å². The Kier molecular flexibility index (Phi) is 3.99. The lowest BCUT2D eigenvalue weighted by Gasteiger charge is -2.21. The molecule has 0 amide bonds. The molecule has 2 rings (SSSR count). The highest BCUT2D eigenvalue weighted by atomic mass is 16.5. The fraction of sp³-hybridized carbons (Fsp3) is 0.357. The third-order valence-corrected chi connectivity index (χ3v) is 3.02. The summed E-state index contributed by atoms with van der Waals surface area (Å²) in [5, 5.41) is 2.13. The largest absolute Gasteiger partial charge is 0.398 e. The zero-order valence-electron chi connectivity index (χ0n) is 10.9. The summed E-state index contributed by atoms with van der Waals surface area (Å²) in [5.74, 6) is 0. The Morgan fingerprint density at radius 3 is 2.89 bits per heavy atom. The van der Waals surface area contributed by atoms with Crippen molar-refractivity contribution < 1.29 is 4.74 Å². The number of fused-ring (bicyclic) bond motifs is 1. The first-order valence-electron chi connectivity index (χ1n) is 6.15. The van der Waals surface area contributed by atoms with Crippen molar-refractivity contribution in [3.8, 4) is 0 Å². The number of pyridine rings is 1. The van der Waals surface area contributed by atoms with Crippen LogP contribution in [0.2, 0.25) is 0 Å². The molecule has 4 heteroatoms. The third-order valence-electron chi connectivity index (χ3n) is 3.02. The van der Waals surface area contributed by atoms with E-state index < -0.39 is 0 Å². The first kappa shape index (κ1) is 12.6. The van der Waals surface area contributed by atoms with Crippen LogP contribution >= 0.6 is 0 Å². The molecule has 0 radical (unpaired) electrons. The number of benzene rings is 1. The molecule has 0 aliphatic heterocycles. The number of nitrogen functional groups attached to an aromatic ring is 1. The number of nitrogens with two attached hydrogens (primary N) is 1. The van der Waals surface area contributed by atoms with Crippen LogP contribution in [0.15, 0.2) is 30.6 Å². The number of likely N-dealkylation sites (N-methyl/N-ethyl adjacent to an activating group) is 1. The van der Waals surface area contributed by atoms with Crippen LogP contribution in [-0.4, -0.2) is 31.8 Å². The number of nitrogens with zero attached hydrogens (tertiary/aromatic N) is 2. The Labute approximate surface area is 107 Å². The standard InChI is InChI=1S/C14H19N3O/c1-3-18-9-8-17(2)14-5-4-13(15)11-6-7-16-10-12(11)14/h4-7,10H,3,8-9,15H2,1-2H3. The summed E-state index contributed by atoms with van der Waals surface area (Å²) in [6.07, 6.45) is 3.63. The van der Waals surface area contributed by atoms with Crippen molar-refractivity contribution in [3.05, 3.63) is 30.6 Å². The summed E-state index contributed by atoms with van der Waals surface area (Å²) in [6, 6.07) is 5.92. The van der Waals surface area contributed by atoms with E-state index in [1.54, 1.807) is 6.20 Å². The zero-order valence-corrected chi connectivity index (χ0v) is 10.9. The molecule has 18 heavy (non-hydrogen) atoms. The highest BCUT2D eigenvalue weighted by Crippen LogP contribution is 2.29. The first-order chi connectivity index (χ1) is 8.74. The van der Waals surface area contributed by atoms with Crippen LogP contribution in [0.3, 0.4) is 0 Å². The van der Waals surface area contributed by atoms with Gasteiger partial charge in [-0.1, -0.05) is 0 Å². The summed E-state index contributed by atoms with van der Waals surface area (Å²) in [7, 11) is 2.05. The van der Waals surface area contributed by atoms with Gasteiger partial charge in [0.05, 0.1) is 6.61 Å². The summed E-state index contributed by atoms with van der Waals surface area (Å²) in [6.45, 7) is 4.32. The van der Waals surface area contributed by atoms with Crippen molar-refractivity contribution in [1.82, 2.24) is 4.98 Å². The van der Waals surface area contributed by atoms with E-state index in [2.05, 4.69) is 16.9 Å². The molecule has 96 valence electrons. The Balaban J connectivity index is 2.30. The monoisotopic (exact) mass is 245 g/mol. The van der Waals surface area contributed by atoms with Gasteiger partial charge in [-0.05, 0) is 25.1 Å². The molecule has 0 unspecified atom stereocenters. The van der Waals surface area contributed by atoms with E-state index in [0.29, 0.717) is 0 Å². The van der Waals surface area contributed by atoms with Gasteiger partial charge in [0.1, 0.15) is 0 Å². The van der Waals surface area contributed by atoms with Crippen LogP contribution in [0.4, 0.5) is 11.4 Å². The van der Waals surface area contributed by atoms with Crippen molar-refractivity contribution >= 4 is 22.1 Å². The maximum absolute atomic E-state index is 5.98. The first-order valence-corrected chi connectivity index (χ1v) is 6.15. The van der Waals surface area contributed by atoms with E-state index in [0.717, 1.165) is 41.9 Å². The molecule has 2 N–H and O–H groups in total. The molecule has 0 saturated heterocycles. The second-order valence-electron chi connectivity index (χ2n) is 4.21. The maximum Gasteiger partial charge on any atom is 0.0641 e. The number of rotatable bonds is 5. The minimum Gasteiger partial charge on any atom is -0.398 e. The number of hydrogen-bond donors (Lipinski definition) is 1. The van der Waals surface area contributed by atoms with Crippen molar-refractivity contribution in [1.29, 1.82) is 0 Å². The highest BCUT2D eigenvalue weighted by Gasteiger charge is 2.07. The van der Waals surface area contributed by atoms with Crippen LogP contribution < -0.4 is 10.6 Å². The van der Waals surface area contributed by atoms with Gasteiger partial charge in [-0.25, -0.2) is 0 Å². The molecule has 0 saturated carbocycles. The Bertz CT molecular complexity index is 527. The lowest BCUT2D eigenvalue weighted by molar-refractivity contribution is 0.154. The maximum atomic E-state index is 5.98. The fourth-order valence-electron chi connectivity index (χ4n) is 2.00. The SMILES string of the molecule is CCOCCN(C)c1ccc(N)c2ccncc12. The molecule has 0 atom stereocenters.